The molecule has 150 valence electrons. The number of aryl methyl sites for hydroxylation is 1. The van der Waals surface area contributed by atoms with Gasteiger partial charge in [0.2, 0.25) is 0 Å². The van der Waals surface area contributed by atoms with Crippen LogP contribution in [0.25, 0.3) is 0 Å². The molecule has 0 fully saturated rings. The van der Waals surface area contributed by atoms with Gasteiger partial charge in [0.25, 0.3) is 0 Å². The standard InChI is InChI=1S/C26H31N3/c1-21(2)13-15-28(18-24-10-6-9-23(16-24)17-27)20-26-12-7-14-29(26)19-25-11-5-4-8-22(25)3/h4-12,14,16,21H,13,15,18-20H2,1-3H3/p+1. The van der Waals surface area contributed by atoms with Crippen molar-refractivity contribution < 1.29 is 4.90 Å². The van der Waals surface area contributed by atoms with Crippen LogP contribution in [-0.4, -0.2) is 11.1 Å². The van der Waals surface area contributed by atoms with E-state index in [4.69, 9.17) is 0 Å². The smallest absolute Gasteiger partial charge is 0.118 e. The second kappa shape index (κ2) is 10.1. The molecule has 3 aromatic rings. The highest BCUT2D eigenvalue weighted by Crippen LogP contribution is 2.12. The Labute approximate surface area is 175 Å². The largest absolute Gasteiger partial charge is 0.342 e. The highest BCUT2D eigenvalue weighted by molar-refractivity contribution is 5.32. The van der Waals surface area contributed by atoms with E-state index in [1.165, 1.54) is 28.8 Å². The Hall–Kier alpha value is -2.83. The molecule has 2 aromatic carbocycles. The molecule has 29 heavy (non-hydrogen) atoms. The van der Waals surface area contributed by atoms with Crippen LogP contribution in [0.5, 0.6) is 0 Å². The fourth-order valence-electron chi connectivity index (χ4n) is 3.76. The fraction of sp³-hybridized carbons (Fsp3) is 0.346. The average Bonchev–Trinajstić information content (AvgIpc) is 3.14. The van der Waals surface area contributed by atoms with Crippen molar-refractivity contribution in [3.63, 3.8) is 0 Å². The molecule has 0 saturated carbocycles. The van der Waals surface area contributed by atoms with Crippen LogP contribution in [0.1, 0.15) is 48.2 Å². The molecule has 1 N–H and O–H groups in total. The van der Waals surface area contributed by atoms with Gasteiger partial charge in [-0.15, -0.1) is 0 Å². The Balaban J connectivity index is 1.76. The predicted octanol–water partition coefficient (Wildman–Crippen LogP) is 4.35. The number of rotatable bonds is 9. The van der Waals surface area contributed by atoms with Gasteiger partial charge in [-0.3, -0.25) is 0 Å². The summed E-state index contributed by atoms with van der Waals surface area (Å²) in [5.41, 5.74) is 6.05. The van der Waals surface area contributed by atoms with Gasteiger partial charge in [0.1, 0.15) is 13.1 Å². The summed E-state index contributed by atoms with van der Waals surface area (Å²) in [6, 6.07) is 23.3. The van der Waals surface area contributed by atoms with Crippen molar-refractivity contribution >= 4 is 0 Å². The van der Waals surface area contributed by atoms with Gasteiger partial charge < -0.3 is 9.47 Å². The zero-order valence-corrected chi connectivity index (χ0v) is 17.9. The van der Waals surface area contributed by atoms with E-state index in [-0.39, 0.29) is 0 Å². The lowest BCUT2D eigenvalue weighted by Gasteiger charge is -2.22. The minimum atomic E-state index is 0.689. The van der Waals surface area contributed by atoms with Crippen LogP contribution in [0.3, 0.4) is 0 Å². The maximum absolute atomic E-state index is 9.22. The maximum atomic E-state index is 9.22. The SMILES string of the molecule is Cc1ccccc1Cn1cccc1C[NH+](CCC(C)C)Cc1cccc(C#N)c1. The van der Waals surface area contributed by atoms with Crippen molar-refractivity contribution in [2.24, 2.45) is 5.92 Å². The number of nitrogens with one attached hydrogen (secondary N) is 1. The highest BCUT2D eigenvalue weighted by Gasteiger charge is 2.15. The van der Waals surface area contributed by atoms with Crippen LogP contribution < -0.4 is 4.90 Å². The summed E-state index contributed by atoms with van der Waals surface area (Å²) in [5.74, 6) is 0.689. The van der Waals surface area contributed by atoms with Gasteiger partial charge in [0, 0.05) is 18.3 Å². The Kier molecular flexibility index (Phi) is 7.27. The molecular weight excluding hydrogens is 354 g/mol. The second-order valence-corrected chi connectivity index (χ2v) is 8.40. The molecule has 1 heterocycles. The number of nitrogens with zero attached hydrogens (tertiary/aromatic N) is 2. The van der Waals surface area contributed by atoms with Crippen molar-refractivity contribution in [2.45, 2.75) is 46.8 Å². The molecule has 0 bridgehead atoms. The third-order valence-corrected chi connectivity index (χ3v) is 5.54. The second-order valence-electron chi connectivity index (χ2n) is 8.40. The molecule has 0 aliphatic rings. The molecule has 0 amide bonds. The summed E-state index contributed by atoms with van der Waals surface area (Å²) in [5, 5.41) is 9.22. The summed E-state index contributed by atoms with van der Waals surface area (Å²) < 4.78 is 2.38. The number of aromatic nitrogens is 1. The van der Waals surface area contributed by atoms with Crippen molar-refractivity contribution in [1.29, 1.82) is 5.26 Å². The lowest BCUT2D eigenvalue weighted by Crippen LogP contribution is -3.09. The summed E-state index contributed by atoms with van der Waals surface area (Å²) in [4.78, 5) is 1.54. The van der Waals surface area contributed by atoms with E-state index in [1.807, 2.05) is 18.2 Å². The molecule has 1 atom stereocenters. The predicted molar refractivity (Wildman–Crippen MR) is 119 cm³/mol. The molecule has 0 spiro atoms. The van der Waals surface area contributed by atoms with E-state index in [1.54, 1.807) is 4.90 Å². The molecule has 1 aromatic heterocycles. The molecule has 0 radical (unpaired) electrons. The molecule has 0 aliphatic heterocycles. The zero-order valence-electron chi connectivity index (χ0n) is 17.9. The Bertz CT molecular complexity index is 962. The number of quaternary nitrogens is 1. The Morgan fingerprint density at radius 3 is 2.59 bits per heavy atom. The molecule has 3 heteroatoms. The average molecular weight is 387 g/mol. The van der Waals surface area contributed by atoms with Gasteiger partial charge in [0.15, 0.2) is 0 Å². The van der Waals surface area contributed by atoms with Gasteiger partial charge in [-0.2, -0.15) is 5.26 Å². The van der Waals surface area contributed by atoms with E-state index < -0.39 is 0 Å². The first-order valence-corrected chi connectivity index (χ1v) is 10.6. The van der Waals surface area contributed by atoms with E-state index in [9.17, 15) is 5.26 Å². The molecule has 0 saturated heterocycles. The quantitative estimate of drug-likeness (QED) is 0.583. The van der Waals surface area contributed by atoms with Gasteiger partial charge in [-0.1, -0.05) is 50.2 Å². The molecule has 3 nitrogen and oxygen atoms in total. The monoisotopic (exact) mass is 386 g/mol. The van der Waals surface area contributed by atoms with Gasteiger partial charge >= 0.3 is 0 Å². The minimum absolute atomic E-state index is 0.689. The lowest BCUT2D eigenvalue weighted by molar-refractivity contribution is -0.928. The Morgan fingerprint density at radius 2 is 1.83 bits per heavy atom. The zero-order chi connectivity index (χ0) is 20.6. The fourth-order valence-corrected chi connectivity index (χ4v) is 3.76. The number of nitriles is 1. The topological polar surface area (TPSA) is 33.2 Å². The van der Waals surface area contributed by atoms with Gasteiger partial charge in [-0.25, -0.2) is 0 Å². The third-order valence-electron chi connectivity index (χ3n) is 5.54. The van der Waals surface area contributed by atoms with Crippen LogP contribution in [0.2, 0.25) is 0 Å². The van der Waals surface area contributed by atoms with Crippen LogP contribution in [-0.2, 0) is 19.6 Å². The highest BCUT2D eigenvalue weighted by atomic mass is 15.1. The Morgan fingerprint density at radius 1 is 1.00 bits per heavy atom. The van der Waals surface area contributed by atoms with E-state index in [0.29, 0.717) is 5.92 Å². The number of hydrogen-bond donors (Lipinski definition) is 1. The van der Waals surface area contributed by atoms with Crippen molar-refractivity contribution in [3.05, 3.63) is 94.8 Å². The first-order chi connectivity index (χ1) is 14.0. The molecule has 1 unspecified atom stereocenters. The first kappa shape index (κ1) is 20.9. The summed E-state index contributed by atoms with van der Waals surface area (Å²) in [7, 11) is 0. The third kappa shape index (κ3) is 6.07. The van der Waals surface area contributed by atoms with E-state index in [0.717, 1.165) is 31.7 Å². The van der Waals surface area contributed by atoms with Crippen molar-refractivity contribution in [1.82, 2.24) is 4.57 Å². The summed E-state index contributed by atoms with van der Waals surface area (Å²) in [6.07, 6.45) is 3.39. The number of hydrogen-bond acceptors (Lipinski definition) is 1. The van der Waals surface area contributed by atoms with Crippen molar-refractivity contribution in [3.8, 4) is 6.07 Å². The van der Waals surface area contributed by atoms with E-state index in [2.05, 4.69) is 80.1 Å². The first-order valence-electron chi connectivity index (χ1n) is 10.6. The van der Waals surface area contributed by atoms with Crippen LogP contribution in [0.15, 0.2) is 66.9 Å². The van der Waals surface area contributed by atoms with Crippen LogP contribution >= 0.6 is 0 Å². The number of benzene rings is 2. The summed E-state index contributed by atoms with van der Waals surface area (Å²) in [6.45, 7) is 10.7. The van der Waals surface area contributed by atoms with Gasteiger partial charge in [-0.05, 0) is 54.7 Å². The normalized spacial score (nSPS) is 12.1. The lowest BCUT2D eigenvalue weighted by atomic mass is 10.1. The minimum Gasteiger partial charge on any atom is -0.342 e. The summed E-state index contributed by atoms with van der Waals surface area (Å²) >= 11 is 0. The van der Waals surface area contributed by atoms with E-state index >= 15 is 0 Å². The van der Waals surface area contributed by atoms with Crippen LogP contribution in [0.4, 0.5) is 0 Å². The van der Waals surface area contributed by atoms with Gasteiger partial charge in [0.05, 0.1) is 23.9 Å². The molecular formula is C26H32N3+. The molecule has 3 rings (SSSR count). The van der Waals surface area contributed by atoms with Crippen LogP contribution in [0, 0.1) is 24.2 Å². The molecule has 0 aliphatic carbocycles. The maximum Gasteiger partial charge on any atom is 0.118 e. The van der Waals surface area contributed by atoms with Crippen molar-refractivity contribution in [2.75, 3.05) is 6.54 Å².